The highest BCUT2D eigenvalue weighted by Gasteiger charge is 2.25. The third-order valence-electron chi connectivity index (χ3n) is 5.36. The van der Waals surface area contributed by atoms with Gasteiger partial charge < -0.3 is 16.4 Å². The van der Waals surface area contributed by atoms with Crippen LogP contribution < -0.4 is 11.5 Å². The number of carbonyl (C=O) groups excluding carboxylic acids is 1. The van der Waals surface area contributed by atoms with E-state index in [9.17, 15) is 4.79 Å². The van der Waals surface area contributed by atoms with Crippen LogP contribution in [-0.2, 0) is 11.2 Å². The molecule has 0 spiro atoms. The zero-order valence-corrected chi connectivity index (χ0v) is 17.8. The van der Waals surface area contributed by atoms with E-state index in [1.54, 1.807) is 0 Å². The first kappa shape index (κ1) is 26.6. The molecule has 1 atom stereocenters. The summed E-state index contributed by atoms with van der Waals surface area (Å²) in [6, 6.07) is 7.76. The van der Waals surface area contributed by atoms with Gasteiger partial charge in [-0.2, -0.15) is 0 Å². The maximum atomic E-state index is 12.3. The Balaban J connectivity index is 0.000000786. The Kier molecular flexibility index (Phi) is 14.8. The van der Waals surface area contributed by atoms with Crippen LogP contribution in [0.4, 0.5) is 0 Å². The van der Waals surface area contributed by atoms with Gasteiger partial charge in [0.15, 0.2) is 0 Å². The third kappa shape index (κ3) is 10.2. The number of carbonyl (C=O) groups is 1. The topological polar surface area (TPSA) is 72.4 Å². The van der Waals surface area contributed by atoms with Gasteiger partial charge in [-0.05, 0) is 44.2 Å². The maximum Gasteiger partial charge on any atom is 0.239 e. The van der Waals surface area contributed by atoms with Crippen LogP contribution in [0.15, 0.2) is 24.3 Å². The van der Waals surface area contributed by atoms with E-state index in [1.165, 1.54) is 37.7 Å². The van der Waals surface area contributed by atoms with Crippen molar-refractivity contribution in [3.05, 3.63) is 35.4 Å². The molecule has 2 rings (SSSR count). The minimum absolute atomic E-state index is 0. The fourth-order valence-electron chi connectivity index (χ4n) is 3.37. The van der Waals surface area contributed by atoms with Crippen molar-refractivity contribution in [2.45, 2.75) is 85.6 Å². The number of benzene rings is 1. The molecule has 0 aromatic heterocycles. The van der Waals surface area contributed by atoms with E-state index in [2.05, 4.69) is 32.9 Å². The number of nitrogens with two attached hydrogens (primary N) is 2. The smallest absolute Gasteiger partial charge is 0.239 e. The molecule has 1 heterocycles. The fourth-order valence-corrected chi connectivity index (χ4v) is 3.37. The maximum absolute atomic E-state index is 12.3. The molecule has 28 heavy (non-hydrogen) atoms. The first-order valence-electron chi connectivity index (χ1n) is 10.8. The number of unbranched alkanes of at least 4 members (excludes halogenated alkanes) is 4. The van der Waals surface area contributed by atoms with Gasteiger partial charge in [-0.25, -0.2) is 0 Å². The Labute approximate surface area is 174 Å². The molecule has 1 aliphatic heterocycles. The quantitative estimate of drug-likeness (QED) is 0.632. The van der Waals surface area contributed by atoms with E-state index in [0.29, 0.717) is 12.3 Å². The van der Waals surface area contributed by atoms with Gasteiger partial charge in [0.25, 0.3) is 0 Å². The van der Waals surface area contributed by atoms with Crippen molar-refractivity contribution >= 4 is 5.91 Å². The van der Waals surface area contributed by atoms with Crippen molar-refractivity contribution in [3.63, 3.8) is 0 Å². The summed E-state index contributed by atoms with van der Waals surface area (Å²) in [4.78, 5) is 14.2. The molecule has 0 aliphatic carbocycles. The number of aryl methyl sites for hydroxylation is 1. The summed E-state index contributed by atoms with van der Waals surface area (Å²) in [6.45, 7) is 8.85. The van der Waals surface area contributed by atoms with Gasteiger partial charge in [0.1, 0.15) is 0 Å². The first-order chi connectivity index (χ1) is 13.0. The van der Waals surface area contributed by atoms with E-state index in [4.69, 9.17) is 11.5 Å². The predicted octanol–water partition coefficient (Wildman–Crippen LogP) is 4.67. The average Bonchev–Trinajstić information content (AvgIpc) is 2.70. The van der Waals surface area contributed by atoms with E-state index >= 15 is 0 Å². The van der Waals surface area contributed by atoms with Gasteiger partial charge in [0, 0.05) is 13.1 Å². The lowest BCUT2D eigenvalue weighted by atomic mass is 9.96. The van der Waals surface area contributed by atoms with Gasteiger partial charge in [-0.1, -0.05) is 83.2 Å². The molecule has 1 amide bonds. The SMILES string of the molecule is C.CCCCCCC.Cc1ccc(CC(N)C(=O)N2CCC(CN)CC2)cc1. The van der Waals surface area contributed by atoms with Gasteiger partial charge >= 0.3 is 0 Å². The van der Waals surface area contributed by atoms with E-state index in [-0.39, 0.29) is 13.3 Å². The van der Waals surface area contributed by atoms with Gasteiger partial charge in [0.05, 0.1) is 6.04 Å². The Morgan fingerprint density at radius 2 is 1.61 bits per heavy atom. The number of likely N-dealkylation sites (tertiary alicyclic amines) is 1. The second kappa shape index (κ2) is 15.5. The standard InChI is InChI=1S/C16H25N3O.C7H16.CH4/c1-12-2-4-13(5-3-12)10-15(18)16(20)19-8-6-14(11-17)7-9-19;1-3-5-7-6-4-2;/h2-5,14-15H,6-11,17-18H2,1H3;3-7H2,1-2H3;1H4. The van der Waals surface area contributed by atoms with Crippen LogP contribution >= 0.6 is 0 Å². The van der Waals surface area contributed by atoms with Crippen molar-refractivity contribution in [1.82, 2.24) is 4.90 Å². The molecule has 0 saturated carbocycles. The first-order valence-corrected chi connectivity index (χ1v) is 10.8. The van der Waals surface area contributed by atoms with Crippen LogP contribution in [0.25, 0.3) is 0 Å². The van der Waals surface area contributed by atoms with Crippen molar-refractivity contribution in [3.8, 4) is 0 Å². The van der Waals surface area contributed by atoms with E-state index < -0.39 is 6.04 Å². The zero-order chi connectivity index (χ0) is 20.1. The van der Waals surface area contributed by atoms with Gasteiger partial charge in [0.2, 0.25) is 5.91 Å². The van der Waals surface area contributed by atoms with E-state index in [0.717, 1.165) is 38.0 Å². The molecule has 1 aliphatic rings. The Morgan fingerprint density at radius 1 is 1.07 bits per heavy atom. The predicted molar refractivity (Wildman–Crippen MR) is 122 cm³/mol. The lowest BCUT2D eigenvalue weighted by Crippen LogP contribution is -2.48. The van der Waals surface area contributed by atoms with E-state index in [1.807, 2.05) is 17.0 Å². The lowest BCUT2D eigenvalue weighted by molar-refractivity contribution is -0.133. The minimum atomic E-state index is -0.438. The highest BCUT2D eigenvalue weighted by molar-refractivity contribution is 5.82. The van der Waals surface area contributed by atoms with Crippen molar-refractivity contribution in [2.24, 2.45) is 17.4 Å². The van der Waals surface area contributed by atoms with Gasteiger partial charge in [-0.3, -0.25) is 4.79 Å². The highest BCUT2D eigenvalue weighted by atomic mass is 16.2. The molecule has 4 nitrogen and oxygen atoms in total. The molecule has 1 unspecified atom stereocenters. The molecule has 1 aromatic rings. The molecule has 1 fully saturated rings. The van der Waals surface area contributed by atoms with Crippen LogP contribution in [0.3, 0.4) is 0 Å². The third-order valence-corrected chi connectivity index (χ3v) is 5.36. The summed E-state index contributed by atoms with van der Waals surface area (Å²) < 4.78 is 0. The summed E-state index contributed by atoms with van der Waals surface area (Å²) in [6.07, 6.45) is 9.61. The molecule has 0 bridgehead atoms. The van der Waals surface area contributed by atoms with Crippen LogP contribution in [0, 0.1) is 12.8 Å². The summed E-state index contributed by atoms with van der Waals surface area (Å²) in [5, 5.41) is 0. The fraction of sp³-hybridized carbons (Fsp3) is 0.708. The molecule has 1 saturated heterocycles. The van der Waals surface area contributed by atoms with Crippen LogP contribution in [0.1, 0.15) is 77.3 Å². The van der Waals surface area contributed by atoms with Crippen molar-refractivity contribution in [2.75, 3.05) is 19.6 Å². The number of amides is 1. The Hall–Kier alpha value is -1.39. The van der Waals surface area contributed by atoms with Crippen molar-refractivity contribution < 1.29 is 4.79 Å². The molecule has 1 aromatic carbocycles. The Morgan fingerprint density at radius 3 is 2.07 bits per heavy atom. The number of rotatable bonds is 8. The second-order valence-electron chi connectivity index (χ2n) is 7.86. The molecular weight excluding hydrogens is 346 g/mol. The molecular formula is C24H45N3O. The largest absolute Gasteiger partial charge is 0.341 e. The molecule has 4 N–H and O–H groups in total. The number of hydrogen-bond donors (Lipinski definition) is 2. The normalized spacial score (nSPS) is 15.2. The zero-order valence-electron chi connectivity index (χ0n) is 17.8. The average molecular weight is 392 g/mol. The molecule has 0 radical (unpaired) electrons. The lowest BCUT2D eigenvalue weighted by Gasteiger charge is -2.33. The molecule has 162 valence electrons. The Bertz CT molecular complexity index is 503. The van der Waals surface area contributed by atoms with Crippen LogP contribution in [0.5, 0.6) is 0 Å². The van der Waals surface area contributed by atoms with Gasteiger partial charge in [-0.15, -0.1) is 0 Å². The molecule has 4 heteroatoms. The monoisotopic (exact) mass is 391 g/mol. The van der Waals surface area contributed by atoms with Crippen LogP contribution in [0.2, 0.25) is 0 Å². The minimum Gasteiger partial charge on any atom is -0.341 e. The van der Waals surface area contributed by atoms with Crippen LogP contribution in [-0.4, -0.2) is 36.5 Å². The summed E-state index contributed by atoms with van der Waals surface area (Å²) in [5.41, 5.74) is 14.1. The summed E-state index contributed by atoms with van der Waals surface area (Å²) in [7, 11) is 0. The number of piperidine rings is 1. The second-order valence-corrected chi connectivity index (χ2v) is 7.86. The number of hydrogen-bond acceptors (Lipinski definition) is 3. The summed E-state index contributed by atoms with van der Waals surface area (Å²) in [5.74, 6) is 0.633. The summed E-state index contributed by atoms with van der Waals surface area (Å²) >= 11 is 0. The number of nitrogens with zero attached hydrogens (tertiary/aromatic N) is 1. The highest BCUT2D eigenvalue weighted by Crippen LogP contribution is 2.17. The van der Waals surface area contributed by atoms with Crippen molar-refractivity contribution in [1.29, 1.82) is 0 Å².